The van der Waals surface area contributed by atoms with Crippen LogP contribution in [0.5, 0.6) is 5.75 Å². The Balaban J connectivity index is 1.60. The average molecular weight is 584 g/mol. The standard InChI is InChI=1S/C30H32BrClN2O3/c31-24-16-14-23(15-17-24)20-34(29(35)21-37-27-13-7-10-25(32)19-27)28(18-22-8-3-1-4-9-22)30(36)33-26-11-5-2-6-12-26/h1,3-4,7-10,13-17,19,26,28H,2,5-6,11-12,18,20-21H2,(H,33,36)/t28-/m0/s1. The minimum absolute atomic E-state index is 0.121. The first-order chi connectivity index (χ1) is 18.0. The van der Waals surface area contributed by atoms with Crippen LogP contribution in [0.25, 0.3) is 0 Å². The molecule has 7 heteroatoms. The van der Waals surface area contributed by atoms with Crippen LogP contribution in [-0.4, -0.2) is 35.4 Å². The van der Waals surface area contributed by atoms with Gasteiger partial charge in [-0.05, 0) is 54.3 Å². The molecule has 1 N–H and O–H groups in total. The molecule has 3 aromatic rings. The summed E-state index contributed by atoms with van der Waals surface area (Å²) < 4.78 is 6.75. The Morgan fingerprint density at radius 1 is 0.946 bits per heavy atom. The summed E-state index contributed by atoms with van der Waals surface area (Å²) in [7, 11) is 0. The highest BCUT2D eigenvalue weighted by Crippen LogP contribution is 2.21. The molecule has 0 aliphatic heterocycles. The van der Waals surface area contributed by atoms with Gasteiger partial charge in [-0.25, -0.2) is 0 Å². The topological polar surface area (TPSA) is 58.6 Å². The predicted octanol–water partition coefficient (Wildman–Crippen LogP) is 6.57. The highest BCUT2D eigenvalue weighted by Gasteiger charge is 2.32. The van der Waals surface area contributed by atoms with Gasteiger partial charge in [0.15, 0.2) is 6.61 Å². The molecule has 0 unspecified atom stereocenters. The number of carbonyl (C=O) groups excluding carboxylic acids is 2. The maximum Gasteiger partial charge on any atom is 0.261 e. The number of hydrogen-bond acceptors (Lipinski definition) is 3. The second-order valence-corrected chi connectivity index (χ2v) is 10.8. The third kappa shape index (κ3) is 8.34. The molecule has 1 saturated carbocycles. The van der Waals surface area contributed by atoms with Gasteiger partial charge in [0.25, 0.3) is 5.91 Å². The normalized spacial score (nSPS) is 14.5. The number of amides is 2. The van der Waals surface area contributed by atoms with Crippen LogP contribution >= 0.6 is 27.5 Å². The van der Waals surface area contributed by atoms with Crippen LogP contribution in [0, 0.1) is 0 Å². The van der Waals surface area contributed by atoms with Crippen LogP contribution in [0.1, 0.15) is 43.2 Å². The lowest BCUT2D eigenvalue weighted by Gasteiger charge is -2.33. The molecule has 1 atom stereocenters. The van der Waals surface area contributed by atoms with E-state index in [1.54, 1.807) is 29.2 Å². The fourth-order valence-electron chi connectivity index (χ4n) is 4.67. The summed E-state index contributed by atoms with van der Waals surface area (Å²) >= 11 is 9.56. The van der Waals surface area contributed by atoms with E-state index < -0.39 is 6.04 Å². The minimum Gasteiger partial charge on any atom is -0.484 e. The van der Waals surface area contributed by atoms with Crippen molar-refractivity contribution in [3.8, 4) is 5.75 Å². The van der Waals surface area contributed by atoms with E-state index in [1.165, 1.54) is 6.42 Å². The van der Waals surface area contributed by atoms with Crippen LogP contribution < -0.4 is 10.1 Å². The van der Waals surface area contributed by atoms with Crippen molar-refractivity contribution >= 4 is 39.3 Å². The summed E-state index contributed by atoms with van der Waals surface area (Å²) in [5, 5.41) is 3.78. The fraction of sp³-hybridized carbons (Fsp3) is 0.333. The van der Waals surface area contributed by atoms with Gasteiger partial charge < -0.3 is 15.0 Å². The zero-order chi connectivity index (χ0) is 26.0. The summed E-state index contributed by atoms with van der Waals surface area (Å²) in [5.74, 6) is 0.127. The summed E-state index contributed by atoms with van der Waals surface area (Å²) in [6.45, 7) is 0.0967. The van der Waals surface area contributed by atoms with E-state index in [9.17, 15) is 9.59 Å². The second-order valence-electron chi connectivity index (χ2n) is 9.44. The zero-order valence-electron chi connectivity index (χ0n) is 20.7. The number of nitrogens with one attached hydrogen (secondary N) is 1. The Hall–Kier alpha value is -2.83. The molecule has 37 heavy (non-hydrogen) atoms. The average Bonchev–Trinajstić information content (AvgIpc) is 2.91. The first-order valence-electron chi connectivity index (χ1n) is 12.7. The Labute approximate surface area is 232 Å². The van der Waals surface area contributed by atoms with Crippen molar-refractivity contribution in [1.82, 2.24) is 10.2 Å². The van der Waals surface area contributed by atoms with E-state index in [-0.39, 0.29) is 24.5 Å². The molecule has 1 fully saturated rings. The van der Waals surface area contributed by atoms with Gasteiger partial charge in [-0.15, -0.1) is 0 Å². The van der Waals surface area contributed by atoms with E-state index in [0.29, 0.717) is 23.7 Å². The van der Waals surface area contributed by atoms with E-state index in [4.69, 9.17) is 16.3 Å². The molecule has 0 aromatic heterocycles. The number of carbonyl (C=O) groups is 2. The van der Waals surface area contributed by atoms with Gasteiger partial charge in [0.1, 0.15) is 11.8 Å². The van der Waals surface area contributed by atoms with Crippen LogP contribution in [0.4, 0.5) is 0 Å². The van der Waals surface area contributed by atoms with Crippen molar-refractivity contribution in [2.45, 2.75) is 57.2 Å². The fourth-order valence-corrected chi connectivity index (χ4v) is 5.11. The van der Waals surface area contributed by atoms with Gasteiger partial charge in [0.2, 0.25) is 5.91 Å². The highest BCUT2D eigenvalue weighted by atomic mass is 79.9. The van der Waals surface area contributed by atoms with Crippen molar-refractivity contribution in [3.05, 3.63) is 99.5 Å². The SMILES string of the molecule is O=C(NC1CCCCC1)[C@H](Cc1ccccc1)N(Cc1ccc(Br)cc1)C(=O)COc1cccc(Cl)c1. The van der Waals surface area contributed by atoms with Crippen LogP contribution in [0.2, 0.25) is 5.02 Å². The van der Waals surface area contributed by atoms with E-state index in [2.05, 4.69) is 21.2 Å². The third-order valence-corrected chi connectivity index (χ3v) is 7.41. The van der Waals surface area contributed by atoms with Crippen LogP contribution in [0.15, 0.2) is 83.3 Å². The molecule has 4 rings (SSSR count). The number of hydrogen-bond donors (Lipinski definition) is 1. The summed E-state index contributed by atoms with van der Waals surface area (Å²) in [6.07, 6.45) is 5.80. The smallest absolute Gasteiger partial charge is 0.261 e. The maximum absolute atomic E-state index is 13.8. The summed E-state index contributed by atoms with van der Waals surface area (Å²) in [6, 6.07) is 24.1. The van der Waals surface area contributed by atoms with E-state index in [0.717, 1.165) is 41.3 Å². The third-order valence-electron chi connectivity index (χ3n) is 6.65. The van der Waals surface area contributed by atoms with Crippen molar-refractivity contribution in [1.29, 1.82) is 0 Å². The molecule has 194 valence electrons. The first kappa shape index (κ1) is 27.2. The molecule has 2 amide bonds. The number of rotatable bonds is 10. The van der Waals surface area contributed by atoms with Gasteiger partial charge in [0, 0.05) is 28.5 Å². The lowest BCUT2D eigenvalue weighted by Crippen LogP contribution is -2.53. The van der Waals surface area contributed by atoms with Crippen molar-refractivity contribution < 1.29 is 14.3 Å². The predicted molar refractivity (Wildman–Crippen MR) is 151 cm³/mol. The lowest BCUT2D eigenvalue weighted by molar-refractivity contribution is -0.143. The lowest BCUT2D eigenvalue weighted by atomic mass is 9.94. The highest BCUT2D eigenvalue weighted by molar-refractivity contribution is 9.10. The van der Waals surface area contributed by atoms with Crippen molar-refractivity contribution in [2.24, 2.45) is 0 Å². The molecular formula is C30H32BrClN2O3. The van der Waals surface area contributed by atoms with Gasteiger partial charge in [-0.2, -0.15) is 0 Å². The van der Waals surface area contributed by atoms with Crippen molar-refractivity contribution in [3.63, 3.8) is 0 Å². The molecule has 0 spiro atoms. The number of ether oxygens (including phenoxy) is 1. The Bertz CT molecular complexity index is 1170. The maximum atomic E-state index is 13.8. The molecule has 0 bridgehead atoms. The second kappa shape index (κ2) is 13.6. The Kier molecular flexibility index (Phi) is 10.0. The monoisotopic (exact) mass is 582 g/mol. The van der Waals surface area contributed by atoms with Crippen LogP contribution in [0.3, 0.4) is 0 Å². The van der Waals surface area contributed by atoms with Gasteiger partial charge >= 0.3 is 0 Å². The molecular weight excluding hydrogens is 552 g/mol. The van der Waals surface area contributed by atoms with Gasteiger partial charge in [-0.3, -0.25) is 9.59 Å². The van der Waals surface area contributed by atoms with E-state index >= 15 is 0 Å². The van der Waals surface area contributed by atoms with Gasteiger partial charge in [-0.1, -0.05) is 95.3 Å². The Morgan fingerprint density at radius 3 is 2.38 bits per heavy atom. The van der Waals surface area contributed by atoms with Gasteiger partial charge in [0.05, 0.1) is 0 Å². The number of benzene rings is 3. The number of nitrogens with zero attached hydrogens (tertiary/aromatic N) is 1. The minimum atomic E-state index is -0.677. The van der Waals surface area contributed by atoms with Crippen molar-refractivity contribution in [2.75, 3.05) is 6.61 Å². The first-order valence-corrected chi connectivity index (χ1v) is 13.9. The summed E-state index contributed by atoms with van der Waals surface area (Å²) in [4.78, 5) is 29.1. The molecule has 0 radical (unpaired) electrons. The molecule has 1 aliphatic carbocycles. The summed E-state index contributed by atoms with van der Waals surface area (Å²) in [5.41, 5.74) is 1.93. The van der Waals surface area contributed by atoms with E-state index in [1.807, 2.05) is 54.6 Å². The molecule has 5 nitrogen and oxygen atoms in total. The molecule has 0 heterocycles. The zero-order valence-corrected chi connectivity index (χ0v) is 23.1. The molecule has 3 aromatic carbocycles. The quantitative estimate of drug-likeness (QED) is 0.294. The Morgan fingerprint density at radius 2 is 1.68 bits per heavy atom. The number of halogens is 2. The van der Waals surface area contributed by atoms with Crippen LogP contribution in [-0.2, 0) is 22.6 Å². The molecule has 1 aliphatic rings. The molecule has 0 saturated heterocycles. The largest absolute Gasteiger partial charge is 0.484 e.